The Morgan fingerprint density at radius 3 is 1.81 bits per heavy atom. The van der Waals surface area contributed by atoms with Crippen LogP contribution < -0.4 is 0 Å². The highest BCUT2D eigenvalue weighted by atomic mass is 16.6. The van der Waals surface area contributed by atoms with Gasteiger partial charge in [0.25, 0.3) is 0 Å². The summed E-state index contributed by atoms with van der Waals surface area (Å²) in [6.45, 7) is 19.3. The summed E-state index contributed by atoms with van der Waals surface area (Å²) in [6.07, 6.45) is 8.53. The SMILES string of the molecule is CC[N+]1(CCOCCOCCOC(C)[N+]2(CC)CCCCC2)CCCCC1. The number of likely N-dealkylation sites (N-methyl/N-ethyl adjacent to an activating group) is 1. The molecule has 0 radical (unpaired) electrons. The normalized spacial score (nSPS) is 23.2. The molecule has 0 aromatic carbocycles. The predicted molar refractivity (Wildman–Crippen MR) is 111 cm³/mol. The lowest BCUT2D eigenvalue weighted by molar-refractivity contribution is -0.972. The second kappa shape index (κ2) is 12.4. The van der Waals surface area contributed by atoms with Crippen LogP contribution in [0.3, 0.4) is 0 Å². The molecule has 0 aromatic rings. The summed E-state index contributed by atoms with van der Waals surface area (Å²) in [5.41, 5.74) is 0. The van der Waals surface area contributed by atoms with Gasteiger partial charge in [-0.3, -0.25) is 4.48 Å². The van der Waals surface area contributed by atoms with Crippen LogP contribution in [-0.4, -0.2) is 94.0 Å². The van der Waals surface area contributed by atoms with Crippen molar-refractivity contribution < 1.29 is 23.2 Å². The number of hydrogen-bond donors (Lipinski definition) is 0. The Bertz CT molecular complexity index is 380. The van der Waals surface area contributed by atoms with Crippen LogP contribution >= 0.6 is 0 Å². The van der Waals surface area contributed by atoms with Crippen molar-refractivity contribution >= 4 is 0 Å². The van der Waals surface area contributed by atoms with Crippen LogP contribution in [0.5, 0.6) is 0 Å². The van der Waals surface area contributed by atoms with Gasteiger partial charge in [0.1, 0.15) is 6.54 Å². The van der Waals surface area contributed by atoms with Crippen LogP contribution in [0.25, 0.3) is 0 Å². The van der Waals surface area contributed by atoms with E-state index in [1.54, 1.807) is 0 Å². The van der Waals surface area contributed by atoms with Crippen molar-refractivity contribution in [2.45, 2.75) is 65.5 Å². The largest absolute Gasteiger partial charge is 0.377 e. The lowest BCUT2D eigenvalue weighted by atomic mass is 10.1. The zero-order valence-electron chi connectivity index (χ0n) is 18.4. The Kier molecular flexibility index (Phi) is 10.6. The molecule has 2 rings (SSSR count). The Morgan fingerprint density at radius 2 is 1.22 bits per heavy atom. The second-order valence-electron chi connectivity index (χ2n) is 8.63. The van der Waals surface area contributed by atoms with Gasteiger partial charge in [0.05, 0.1) is 72.3 Å². The zero-order valence-corrected chi connectivity index (χ0v) is 18.4. The van der Waals surface area contributed by atoms with Gasteiger partial charge in [-0.25, -0.2) is 0 Å². The van der Waals surface area contributed by atoms with E-state index in [1.807, 2.05) is 0 Å². The summed E-state index contributed by atoms with van der Waals surface area (Å²) in [4.78, 5) is 0. The molecule has 2 heterocycles. The van der Waals surface area contributed by atoms with Crippen LogP contribution in [0.2, 0.25) is 0 Å². The minimum absolute atomic E-state index is 0.286. The van der Waals surface area contributed by atoms with E-state index in [1.165, 1.54) is 82.3 Å². The third-order valence-electron chi connectivity index (χ3n) is 7.21. The number of piperidine rings is 2. The van der Waals surface area contributed by atoms with Gasteiger partial charge in [-0.1, -0.05) is 0 Å². The van der Waals surface area contributed by atoms with Crippen LogP contribution in [0.15, 0.2) is 0 Å². The third-order valence-corrected chi connectivity index (χ3v) is 7.21. The van der Waals surface area contributed by atoms with Gasteiger partial charge >= 0.3 is 0 Å². The van der Waals surface area contributed by atoms with E-state index < -0.39 is 0 Å². The Balaban J connectivity index is 1.47. The molecule has 27 heavy (non-hydrogen) atoms. The molecule has 0 bridgehead atoms. The number of quaternary nitrogens is 2. The summed E-state index contributed by atoms with van der Waals surface area (Å²) in [5.74, 6) is 0. The van der Waals surface area contributed by atoms with E-state index in [9.17, 15) is 0 Å². The third kappa shape index (κ3) is 7.28. The van der Waals surface area contributed by atoms with Crippen molar-refractivity contribution in [3.8, 4) is 0 Å². The summed E-state index contributed by atoms with van der Waals surface area (Å²) in [5, 5.41) is 0. The van der Waals surface area contributed by atoms with Crippen molar-refractivity contribution in [1.82, 2.24) is 0 Å². The first-order valence-electron chi connectivity index (χ1n) is 11.6. The average Bonchev–Trinajstić information content (AvgIpc) is 2.73. The molecular formula is C22H46N2O3+2. The lowest BCUT2D eigenvalue weighted by Gasteiger charge is -2.44. The predicted octanol–water partition coefficient (Wildman–Crippen LogP) is 3.42. The van der Waals surface area contributed by atoms with Gasteiger partial charge in [0.15, 0.2) is 6.23 Å². The molecule has 1 atom stereocenters. The fourth-order valence-corrected chi connectivity index (χ4v) is 4.98. The van der Waals surface area contributed by atoms with Gasteiger partial charge in [-0.15, -0.1) is 0 Å². The first-order valence-corrected chi connectivity index (χ1v) is 11.6. The molecule has 2 aliphatic rings. The van der Waals surface area contributed by atoms with Crippen LogP contribution in [-0.2, 0) is 14.2 Å². The lowest BCUT2D eigenvalue weighted by Crippen LogP contribution is -2.58. The maximum atomic E-state index is 6.11. The zero-order chi connectivity index (χ0) is 19.4. The standard InChI is InChI=1S/C22H46N2O3/c1-4-23(12-8-6-9-13-23)16-17-25-18-19-26-20-21-27-22(3)24(5-2)14-10-7-11-15-24/h22H,4-21H2,1-3H3/q+2. The Hall–Kier alpha value is -0.200. The molecule has 5 nitrogen and oxygen atoms in total. The van der Waals surface area contributed by atoms with Crippen LogP contribution in [0.1, 0.15) is 59.3 Å². The number of hydrogen-bond acceptors (Lipinski definition) is 3. The van der Waals surface area contributed by atoms with Crippen molar-refractivity contribution in [3.05, 3.63) is 0 Å². The first kappa shape index (κ1) is 23.1. The molecule has 0 amide bonds. The number of nitrogens with zero attached hydrogens (tertiary/aromatic N) is 2. The Morgan fingerprint density at radius 1 is 0.667 bits per heavy atom. The van der Waals surface area contributed by atoms with Crippen molar-refractivity contribution in [2.24, 2.45) is 0 Å². The van der Waals surface area contributed by atoms with E-state index in [-0.39, 0.29) is 6.23 Å². The van der Waals surface area contributed by atoms with E-state index >= 15 is 0 Å². The Labute approximate surface area is 168 Å². The molecule has 0 aliphatic carbocycles. The molecule has 160 valence electrons. The summed E-state index contributed by atoms with van der Waals surface area (Å²) >= 11 is 0. The first-order chi connectivity index (χ1) is 13.2. The van der Waals surface area contributed by atoms with E-state index in [2.05, 4.69) is 20.8 Å². The van der Waals surface area contributed by atoms with Gasteiger partial charge in [0, 0.05) is 6.92 Å². The van der Waals surface area contributed by atoms with Gasteiger partial charge in [-0.2, -0.15) is 0 Å². The monoisotopic (exact) mass is 386 g/mol. The summed E-state index contributed by atoms with van der Waals surface area (Å²) < 4.78 is 20.0. The highest BCUT2D eigenvalue weighted by Gasteiger charge is 2.34. The molecule has 0 aromatic heterocycles. The molecule has 2 saturated heterocycles. The van der Waals surface area contributed by atoms with E-state index in [4.69, 9.17) is 14.2 Å². The minimum atomic E-state index is 0.286. The second-order valence-corrected chi connectivity index (χ2v) is 8.63. The molecule has 2 aliphatic heterocycles. The number of likely N-dealkylation sites (tertiary alicyclic amines) is 2. The number of ether oxygens (including phenoxy) is 3. The van der Waals surface area contributed by atoms with Crippen molar-refractivity contribution in [1.29, 1.82) is 0 Å². The van der Waals surface area contributed by atoms with Crippen molar-refractivity contribution in [3.63, 3.8) is 0 Å². The molecule has 0 spiro atoms. The highest BCUT2D eigenvalue weighted by molar-refractivity contribution is 4.55. The average molecular weight is 387 g/mol. The van der Waals surface area contributed by atoms with Crippen LogP contribution in [0.4, 0.5) is 0 Å². The molecule has 0 N–H and O–H groups in total. The van der Waals surface area contributed by atoms with Crippen LogP contribution in [0, 0.1) is 0 Å². The molecule has 2 fully saturated rings. The maximum Gasteiger partial charge on any atom is 0.190 e. The summed E-state index contributed by atoms with van der Waals surface area (Å²) in [6, 6.07) is 0. The minimum Gasteiger partial charge on any atom is -0.377 e. The molecule has 0 saturated carbocycles. The van der Waals surface area contributed by atoms with Gasteiger partial charge < -0.3 is 18.7 Å². The molecule has 1 unspecified atom stereocenters. The fraction of sp³-hybridized carbons (Fsp3) is 1.00. The molecule has 5 heteroatoms. The number of rotatable bonds is 13. The fourth-order valence-electron chi connectivity index (χ4n) is 4.98. The van der Waals surface area contributed by atoms with E-state index in [0.717, 1.165) is 17.6 Å². The highest BCUT2D eigenvalue weighted by Crippen LogP contribution is 2.23. The van der Waals surface area contributed by atoms with Gasteiger partial charge in [-0.05, 0) is 52.4 Å². The maximum absolute atomic E-state index is 6.11. The van der Waals surface area contributed by atoms with E-state index in [0.29, 0.717) is 26.4 Å². The van der Waals surface area contributed by atoms with Gasteiger partial charge in [0.2, 0.25) is 0 Å². The summed E-state index contributed by atoms with van der Waals surface area (Å²) in [7, 11) is 0. The quantitative estimate of drug-likeness (QED) is 0.359. The smallest absolute Gasteiger partial charge is 0.190 e. The topological polar surface area (TPSA) is 27.7 Å². The molecular weight excluding hydrogens is 340 g/mol. The van der Waals surface area contributed by atoms with Crippen molar-refractivity contribution in [2.75, 3.05) is 78.8 Å².